The number of carbonyl (C=O) groups excluding carboxylic acids is 1. The molecule has 194 valence electrons. The monoisotopic (exact) mass is 522 g/mol. The standard InChI is InChI=1S/C26H29F3N2O4S/c1-4-36(33,34)30-23-19-12-20(19)31(25(32)24-26(2,3)13-35-24)21(23)10-14-6-5-7-18(22(14)29)15-8-16(27)11-17(28)9-15/h5-9,11,19-21,23-24,30H,4,10,12-13H2,1-3H3/t19?,20?,21?,23?,24-/m0/s1. The predicted molar refractivity (Wildman–Crippen MR) is 128 cm³/mol. The lowest BCUT2D eigenvalue weighted by atomic mass is 9.81. The molecule has 1 amide bonds. The summed E-state index contributed by atoms with van der Waals surface area (Å²) < 4.78 is 76.6. The van der Waals surface area contributed by atoms with Crippen molar-refractivity contribution in [3.63, 3.8) is 0 Å². The second-order valence-electron chi connectivity index (χ2n) is 10.6. The number of rotatable bonds is 7. The van der Waals surface area contributed by atoms with Crippen molar-refractivity contribution in [2.24, 2.45) is 11.3 Å². The van der Waals surface area contributed by atoms with Crippen LogP contribution in [0.3, 0.4) is 0 Å². The minimum atomic E-state index is -3.59. The molecule has 2 saturated heterocycles. The van der Waals surface area contributed by atoms with E-state index in [1.54, 1.807) is 17.0 Å². The van der Waals surface area contributed by atoms with E-state index in [1.807, 2.05) is 13.8 Å². The number of likely N-dealkylation sites (tertiary alicyclic amines) is 1. The quantitative estimate of drug-likeness (QED) is 0.603. The minimum absolute atomic E-state index is 0.0288. The molecule has 3 aliphatic rings. The number of amides is 1. The van der Waals surface area contributed by atoms with Crippen LogP contribution >= 0.6 is 0 Å². The molecule has 1 aliphatic carbocycles. The number of sulfonamides is 1. The van der Waals surface area contributed by atoms with Crippen LogP contribution in [-0.4, -0.2) is 55.8 Å². The van der Waals surface area contributed by atoms with Crippen LogP contribution in [0.5, 0.6) is 0 Å². The van der Waals surface area contributed by atoms with E-state index in [9.17, 15) is 22.0 Å². The summed E-state index contributed by atoms with van der Waals surface area (Å²) in [5.74, 6) is -2.69. The van der Waals surface area contributed by atoms with Crippen molar-refractivity contribution in [3.05, 3.63) is 59.4 Å². The SMILES string of the molecule is CCS(=O)(=O)NC1C2CC2N(C(=O)[C@@H]2OCC2(C)C)C1Cc1cccc(-c2cc(F)cc(F)c2)c1F. The fourth-order valence-corrected chi connectivity index (χ4v) is 6.47. The van der Waals surface area contributed by atoms with Crippen LogP contribution in [0.25, 0.3) is 11.1 Å². The minimum Gasteiger partial charge on any atom is -0.367 e. The molecule has 3 fully saturated rings. The molecule has 5 rings (SSSR count). The number of hydrogen-bond donors (Lipinski definition) is 1. The first-order valence-corrected chi connectivity index (χ1v) is 13.7. The molecular formula is C26H29F3N2O4S. The van der Waals surface area contributed by atoms with Crippen LogP contribution in [-0.2, 0) is 26.0 Å². The Morgan fingerprint density at radius 3 is 2.44 bits per heavy atom. The second kappa shape index (κ2) is 8.85. The Morgan fingerprint density at radius 2 is 1.86 bits per heavy atom. The first-order valence-electron chi connectivity index (χ1n) is 12.1. The van der Waals surface area contributed by atoms with Gasteiger partial charge in [0, 0.05) is 29.1 Å². The van der Waals surface area contributed by atoms with Crippen molar-refractivity contribution in [1.82, 2.24) is 9.62 Å². The van der Waals surface area contributed by atoms with Gasteiger partial charge < -0.3 is 9.64 Å². The Labute approximate surface area is 208 Å². The molecule has 5 atom stereocenters. The maximum absolute atomic E-state index is 15.7. The molecule has 1 N–H and O–H groups in total. The maximum atomic E-state index is 15.7. The van der Waals surface area contributed by atoms with Gasteiger partial charge in [0.2, 0.25) is 10.0 Å². The topological polar surface area (TPSA) is 75.7 Å². The molecule has 0 spiro atoms. The zero-order chi connectivity index (χ0) is 26.0. The number of fused-ring (bicyclic) bond motifs is 1. The summed E-state index contributed by atoms with van der Waals surface area (Å²) in [5.41, 5.74) is -0.0293. The van der Waals surface area contributed by atoms with Crippen molar-refractivity contribution in [2.75, 3.05) is 12.4 Å². The van der Waals surface area contributed by atoms with Gasteiger partial charge in [0.05, 0.1) is 18.4 Å². The highest BCUT2D eigenvalue weighted by Crippen LogP contribution is 2.51. The average molecular weight is 523 g/mol. The summed E-state index contributed by atoms with van der Waals surface area (Å²) in [6.07, 6.45) is 0.0618. The number of piperidine rings is 1. The lowest BCUT2D eigenvalue weighted by Gasteiger charge is -2.46. The molecule has 2 heterocycles. The third-order valence-corrected chi connectivity index (χ3v) is 8.97. The Bertz CT molecular complexity index is 1300. The third-order valence-electron chi connectivity index (χ3n) is 7.58. The van der Waals surface area contributed by atoms with Crippen molar-refractivity contribution < 1.29 is 31.1 Å². The molecule has 1 saturated carbocycles. The van der Waals surface area contributed by atoms with Gasteiger partial charge in [-0.1, -0.05) is 32.0 Å². The Balaban J connectivity index is 1.50. The van der Waals surface area contributed by atoms with Gasteiger partial charge in [-0.15, -0.1) is 0 Å². The fraction of sp³-hybridized carbons (Fsp3) is 0.500. The predicted octanol–water partition coefficient (Wildman–Crippen LogP) is 3.65. The molecule has 2 aromatic carbocycles. The smallest absolute Gasteiger partial charge is 0.252 e. The third kappa shape index (κ3) is 4.43. The molecule has 0 aromatic heterocycles. The van der Waals surface area contributed by atoms with E-state index in [2.05, 4.69) is 4.72 Å². The summed E-state index contributed by atoms with van der Waals surface area (Å²) in [5, 5.41) is 0. The Morgan fingerprint density at radius 1 is 1.17 bits per heavy atom. The highest BCUT2D eigenvalue weighted by Gasteiger charge is 2.63. The molecule has 6 nitrogen and oxygen atoms in total. The first kappa shape index (κ1) is 25.2. The number of halogens is 3. The molecule has 2 aliphatic heterocycles. The van der Waals surface area contributed by atoms with E-state index in [0.29, 0.717) is 19.1 Å². The van der Waals surface area contributed by atoms with Gasteiger partial charge in [0.15, 0.2) is 0 Å². The lowest BCUT2D eigenvalue weighted by Crippen LogP contribution is -2.60. The normalized spacial score (nSPS) is 28.5. The van der Waals surface area contributed by atoms with Crippen molar-refractivity contribution >= 4 is 15.9 Å². The van der Waals surface area contributed by atoms with Crippen LogP contribution < -0.4 is 4.72 Å². The highest BCUT2D eigenvalue weighted by molar-refractivity contribution is 7.89. The summed E-state index contributed by atoms with van der Waals surface area (Å²) in [6, 6.07) is 6.06. The van der Waals surface area contributed by atoms with Crippen LogP contribution in [0.1, 0.15) is 32.8 Å². The first-order chi connectivity index (χ1) is 16.9. The van der Waals surface area contributed by atoms with Crippen LogP contribution in [0.2, 0.25) is 0 Å². The summed E-state index contributed by atoms with van der Waals surface area (Å²) in [6.45, 7) is 5.86. The zero-order valence-corrected chi connectivity index (χ0v) is 21.1. The molecule has 36 heavy (non-hydrogen) atoms. The summed E-state index contributed by atoms with van der Waals surface area (Å²) in [4.78, 5) is 15.2. The van der Waals surface area contributed by atoms with Crippen LogP contribution in [0.15, 0.2) is 36.4 Å². The largest absolute Gasteiger partial charge is 0.367 e. The van der Waals surface area contributed by atoms with E-state index in [1.165, 1.54) is 13.0 Å². The van der Waals surface area contributed by atoms with Crippen molar-refractivity contribution in [2.45, 2.75) is 57.8 Å². The van der Waals surface area contributed by atoms with Gasteiger partial charge in [-0.3, -0.25) is 4.79 Å². The molecule has 2 aromatic rings. The number of nitrogens with zero attached hydrogens (tertiary/aromatic N) is 1. The average Bonchev–Trinajstić information content (AvgIpc) is 3.51. The molecular weight excluding hydrogens is 493 g/mol. The Kier molecular flexibility index (Phi) is 6.20. The zero-order valence-electron chi connectivity index (χ0n) is 20.3. The van der Waals surface area contributed by atoms with Gasteiger partial charge in [-0.25, -0.2) is 26.3 Å². The van der Waals surface area contributed by atoms with Gasteiger partial charge >= 0.3 is 0 Å². The highest BCUT2D eigenvalue weighted by atomic mass is 32.2. The molecule has 0 radical (unpaired) electrons. The second-order valence-corrected chi connectivity index (χ2v) is 12.7. The van der Waals surface area contributed by atoms with Gasteiger partial charge in [0.25, 0.3) is 5.91 Å². The van der Waals surface area contributed by atoms with Crippen molar-refractivity contribution in [1.29, 1.82) is 0 Å². The van der Waals surface area contributed by atoms with Crippen LogP contribution in [0.4, 0.5) is 13.2 Å². The number of hydrogen-bond acceptors (Lipinski definition) is 4. The van der Waals surface area contributed by atoms with Gasteiger partial charge in [-0.2, -0.15) is 0 Å². The summed E-state index contributed by atoms with van der Waals surface area (Å²) >= 11 is 0. The van der Waals surface area contributed by atoms with Crippen molar-refractivity contribution in [3.8, 4) is 11.1 Å². The fourth-order valence-electron chi connectivity index (χ4n) is 5.56. The van der Waals surface area contributed by atoms with Gasteiger partial charge in [-0.05, 0) is 48.9 Å². The van der Waals surface area contributed by atoms with E-state index >= 15 is 4.39 Å². The number of benzene rings is 2. The van der Waals surface area contributed by atoms with E-state index < -0.39 is 45.7 Å². The van der Waals surface area contributed by atoms with E-state index in [4.69, 9.17) is 4.74 Å². The Hall–Kier alpha value is -2.43. The number of nitrogens with one attached hydrogen (secondary N) is 1. The van der Waals surface area contributed by atoms with Crippen LogP contribution in [0, 0.1) is 28.8 Å². The van der Waals surface area contributed by atoms with E-state index in [0.717, 1.165) is 12.1 Å². The number of carbonyl (C=O) groups is 1. The van der Waals surface area contributed by atoms with E-state index in [-0.39, 0.29) is 52.1 Å². The maximum Gasteiger partial charge on any atom is 0.252 e. The lowest BCUT2D eigenvalue weighted by molar-refractivity contribution is -0.194. The molecule has 10 heteroatoms. The van der Waals surface area contributed by atoms with Gasteiger partial charge in [0.1, 0.15) is 23.6 Å². The number of ether oxygens (including phenoxy) is 1. The molecule has 4 unspecified atom stereocenters. The molecule has 0 bridgehead atoms. The summed E-state index contributed by atoms with van der Waals surface area (Å²) in [7, 11) is -3.59.